The molecule has 0 saturated carbocycles. The Morgan fingerprint density at radius 1 is 1.35 bits per heavy atom. The number of nitrogens with zero attached hydrogens (tertiary/aromatic N) is 1. The van der Waals surface area contributed by atoms with Crippen molar-refractivity contribution in [3.05, 3.63) is 17.8 Å². The zero-order valence-electron chi connectivity index (χ0n) is 15.5. The summed E-state index contributed by atoms with van der Waals surface area (Å²) in [6.07, 6.45) is 2.13. The van der Waals surface area contributed by atoms with Gasteiger partial charge in [-0.25, -0.2) is 13.9 Å². The number of ether oxygens (including phenoxy) is 3. The maximum atomic E-state index is 12.4. The third kappa shape index (κ3) is 4.81. The van der Waals surface area contributed by atoms with Gasteiger partial charge < -0.3 is 14.2 Å². The monoisotopic (exact) mass is 382 g/mol. The van der Waals surface area contributed by atoms with Crippen LogP contribution in [0.2, 0.25) is 0 Å². The molecule has 1 saturated heterocycles. The van der Waals surface area contributed by atoms with E-state index in [4.69, 9.17) is 14.2 Å². The fourth-order valence-electron chi connectivity index (χ4n) is 2.98. The fourth-order valence-corrected chi connectivity index (χ4v) is 3.97. The molecule has 0 aromatic carbocycles. The van der Waals surface area contributed by atoms with Crippen molar-refractivity contribution in [2.24, 2.45) is 0 Å². The SMILES string of the molecule is CC(C)(C)OC(=O)CCc1ccc2c(n1)OC1(CCOCC1)CNS2=O. The molecule has 0 radical (unpaired) electrons. The molecule has 1 spiro atoms. The Morgan fingerprint density at radius 2 is 2.08 bits per heavy atom. The highest BCUT2D eigenvalue weighted by molar-refractivity contribution is 7.83. The zero-order chi connectivity index (χ0) is 18.8. The molecule has 3 rings (SSSR count). The molecule has 1 aromatic heterocycles. The van der Waals surface area contributed by atoms with Gasteiger partial charge in [-0.2, -0.15) is 0 Å². The molecule has 0 amide bonds. The maximum Gasteiger partial charge on any atom is 0.306 e. The van der Waals surface area contributed by atoms with Crippen molar-refractivity contribution in [2.75, 3.05) is 19.8 Å². The largest absolute Gasteiger partial charge is 0.469 e. The molecule has 1 unspecified atom stereocenters. The molecule has 1 atom stereocenters. The third-order valence-corrected chi connectivity index (χ3v) is 5.45. The molecular formula is C18H26N2O5S. The number of aromatic nitrogens is 1. The van der Waals surface area contributed by atoms with E-state index in [-0.39, 0.29) is 12.4 Å². The Kier molecular flexibility index (Phi) is 5.64. The molecule has 1 aromatic rings. The Balaban J connectivity index is 1.73. The average Bonchev–Trinajstić information content (AvgIpc) is 2.69. The summed E-state index contributed by atoms with van der Waals surface area (Å²) in [6, 6.07) is 3.54. The first-order chi connectivity index (χ1) is 12.3. The van der Waals surface area contributed by atoms with E-state index < -0.39 is 22.2 Å². The molecular weight excluding hydrogens is 356 g/mol. The van der Waals surface area contributed by atoms with Crippen LogP contribution in [0.3, 0.4) is 0 Å². The van der Waals surface area contributed by atoms with E-state index >= 15 is 0 Å². The predicted molar refractivity (Wildman–Crippen MR) is 96.2 cm³/mol. The first-order valence-corrected chi connectivity index (χ1v) is 10.1. The summed E-state index contributed by atoms with van der Waals surface area (Å²) in [7, 11) is -1.36. The first-order valence-electron chi connectivity index (χ1n) is 8.90. The first kappa shape index (κ1) is 19.3. The van der Waals surface area contributed by atoms with Gasteiger partial charge in [0.15, 0.2) is 0 Å². The van der Waals surface area contributed by atoms with Gasteiger partial charge in [0.25, 0.3) is 0 Å². The Bertz CT molecular complexity index is 695. The van der Waals surface area contributed by atoms with Crippen LogP contribution in [0.25, 0.3) is 0 Å². The quantitative estimate of drug-likeness (QED) is 0.804. The van der Waals surface area contributed by atoms with Gasteiger partial charge in [-0.05, 0) is 32.9 Å². The van der Waals surface area contributed by atoms with E-state index in [1.54, 1.807) is 12.1 Å². The van der Waals surface area contributed by atoms with Gasteiger partial charge in [0.2, 0.25) is 5.88 Å². The minimum atomic E-state index is -1.36. The van der Waals surface area contributed by atoms with Crippen LogP contribution in [-0.2, 0) is 31.7 Å². The van der Waals surface area contributed by atoms with Gasteiger partial charge in [0.05, 0.1) is 19.6 Å². The molecule has 1 N–H and O–H groups in total. The van der Waals surface area contributed by atoms with Crippen molar-refractivity contribution in [3.8, 4) is 5.88 Å². The predicted octanol–water partition coefficient (Wildman–Crippen LogP) is 1.91. The van der Waals surface area contributed by atoms with Crippen molar-refractivity contribution in [2.45, 2.75) is 62.6 Å². The molecule has 144 valence electrons. The molecule has 1 fully saturated rings. The van der Waals surface area contributed by atoms with Crippen LogP contribution in [0.15, 0.2) is 17.0 Å². The van der Waals surface area contributed by atoms with Crippen molar-refractivity contribution in [3.63, 3.8) is 0 Å². The normalized spacial score (nSPS) is 22.2. The Hall–Kier alpha value is -1.51. The average molecular weight is 382 g/mol. The highest BCUT2D eigenvalue weighted by atomic mass is 32.2. The second-order valence-electron chi connectivity index (χ2n) is 7.68. The lowest BCUT2D eigenvalue weighted by atomic mass is 9.94. The second-order valence-corrected chi connectivity index (χ2v) is 8.95. The summed E-state index contributed by atoms with van der Waals surface area (Å²) in [5.41, 5.74) is -0.231. The fraction of sp³-hybridized carbons (Fsp3) is 0.667. The molecule has 0 bridgehead atoms. The number of nitrogens with one attached hydrogen (secondary N) is 1. The van der Waals surface area contributed by atoms with Crippen molar-refractivity contribution in [1.82, 2.24) is 9.71 Å². The van der Waals surface area contributed by atoms with Crippen LogP contribution in [0, 0.1) is 0 Å². The number of hydrogen-bond donors (Lipinski definition) is 1. The van der Waals surface area contributed by atoms with E-state index in [1.165, 1.54) is 0 Å². The molecule has 7 nitrogen and oxygen atoms in total. The Labute approximate surface area is 156 Å². The minimum absolute atomic E-state index is 0.239. The van der Waals surface area contributed by atoms with E-state index in [1.807, 2.05) is 20.8 Å². The highest BCUT2D eigenvalue weighted by Crippen LogP contribution is 2.32. The molecule has 8 heteroatoms. The van der Waals surface area contributed by atoms with E-state index in [9.17, 15) is 9.00 Å². The van der Waals surface area contributed by atoms with Gasteiger partial charge in [0, 0.05) is 31.5 Å². The summed E-state index contributed by atoms with van der Waals surface area (Å²) in [6.45, 7) is 7.25. The zero-order valence-corrected chi connectivity index (χ0v) is 16.3. The number of esters is 1. The van der Waals surface area contributed by atoms with Crippen molar-refractivity contribution < 1.29 is 23.2 Å². The van der Waals surface area contributed by atoms with E-state index in [0.717, 1.165) is 18.5 Å². The number of carbonyl (C=O) groups is 1. The summed E-state index contributed by atoms with van der Waals surface area (Å²) < 4.78 is 32.4. The van der Waals surface area contributed by atoms with Gasteiger partial charge in [-0.3, -0.25) is 4.79 Å². The number of hydrogen-bond acceptors (Lipinski definition) is 6. The lowest BCUT2D eigenvalue weighted by molar-refractivity contribution is -0.154. The second kappa shape index (κ2) is 7.62. The molecule has 26 heavy (non-hydrogen) atoms. The number of fused-ring (bicyclic) bond motifs is 1. The third-order valence-electron chi connectivity index (χ3n) is 4.33. The van der Waals surface area contributed by atoms with E-state index in [0.29, 0.717) is 37.0 Å². The summed E-state index contributed by atoms with van der Waals surface area (Å²) in [5, 5.41) is 0. The van der Waals surface area contributed by atoms with E-state index in [2.05, 4.69) is 9.71 Å². The number of pyridine rings is 1. The van der Waals surface area contributed by atoms with Crippen LogP contribution in [-0.4, -0.2) is 46.1 Å². The lowest BCUT2D eigenvalue weighted by Gasteiger charge is -2.35. The van der Waals surface area contributed by atoms with Gasteiger partial charge in [-0.15, -0.1) is 0 Å². The topological polar surface area (TPSA) is 86.8 Å². The standard InChI is InChI=1S/C18H26N2O5S/c1-17(2,3)24-15(21)7-5-13-4-6-14-16(20-13)25-18(12-19-26(14)22)8-10-23-11-9-18/h4,6,19H,5,7-12H2,1-3H3. The summed E-state index contributed by atoms with van der Waals surface area (Å²) in [4.78, 5) is 17.0. The molecule has 0 aliphatic carbocycles. The van der Waals surface area contributed by atoms with Crippen LogP contribution in [0.4, 0.5) is 0 Å². The Morgan fingerprint density at radius 3 is 2.77 bits per heavy atom. The maximum absolute atomic E-state index is 12.4. The van der Waals surface area contributed by atoms with Gasteiger partial charge >= 0.3 is 5.97 Å². The molecule has 2 aliphatic rings. The van der Waals surface area contributed by atoms with Crippen LogP contribution >= 0.6 is 0 Å². The molecule has 2 aliphatic heterocycles. The number of rotatable bonds is 3. The van der Waals surface area contributed by atoms with Crippen molar-refractivity contribution in [1.29, 1.82) is 0 Å². The summed E-state index contributed by atoms with van der Waals surface area (Å²) in [5.74, 6) is 0.123. The van der Waals surface area contributed by atoms with Crippen LogP contribution in [0.5, 0.6) is 5.88 Å². The minimum Gasteiger partial charge on any atom is -0.469 e. The van der Waals surface area contributed by atoms with Crippen LogP contribution < -0.4 is 9.46 Å². The number of aryl methyl sites for hydroxylation is 1. The summed E-state index contributed by atoms with van der Waals surface area (Å²) >= 11 is 0. The smallest absolute Gasteiger partial charge is 0.306 e. The van der Waals surface area contributed by atoms with Gasteiger partial charge in [0.1, 0.15) is 27.1 Å². The van der Waals surface area contributed by atoms with Crippen molar-refractivity contribution >= 4 is 17.0 Å². The lowest BCUT2D eigenvalue weighted by Crippen LogP contribution is -2.48. The van der Waals surface area contributed by atoms with Gasteiger partial charge in [-0.1, -0.05) is 0 Å². The number of carbonyl (C=O) groups excluding carboxylic acids is 1. The van der Waals surface area contributed by atoms with Crippen LogP contribution in [0.1, 0.15) is 45.7 Å². The highest BCUT2D eigenvalue weighted by Gasteiger charge is 2.39. The molecule has 3 heterocycles.